The molecule has 4 aromatic rings. The number of benzene rings is 3. The first-order chi connectivity index (χ1) is 16.2. The van der Waals surface area contributed by atoms with E-state index in [0.29, 0.717) is 22.6 Å². The van der Waals surface area contributed by atoms with Gasteiger partial charge in [0.2, 0.25) is 5.76 Å². The number of amides is 1. The number of ether oxygens (including phenoxy) is 3. The molecule has 0 saturated carbocycles. The molecule has 1 amide bonds. The molecule has 0 unspecified atom stereocenters. The highest BCUT2D eigenvalue weighted by atomic mass is 16.5. The fourth-order valence-corrected chi connectivity index (χ4v) is 3.37. The van der Waals surface area contributed by atoms with E-state index in [2.05, 4.69) is 5.32 Å². The first kappa shape index (κ1) is 22.0. The number of methoxy groups -OCH3 is 1. The molecule has 1 aromatic heterocycles. The minimum absolute atomic E-state index is 0.0182. The summed E-state index contributed by atoms with van der Waals surface area (Å²) < 4.78 is 22.1. The lowest BCUT2D eigenvalue weighted by Gasteiger charge is -2.10. The van der Waals surface area contributed by atoms with Crippen molar-refractivity contribution in [1.29, 1.82) is 0 Å². The molecule has 0 spiro atoms. The van der Waals surface area contributed by atoms with Crippen molar-refractivity contribution in [3.05, 3.63) is 95.7 Å². The maximum atomic E-state index is 12.8. The summed E-state index contributed by atoms with van der Waals surface area (Å²) in [5, 5.41) is 3.47. The Labute approximate surface area is 190 Å². The van der Waals surface area contributed by atoms with Gasteiger partial charge in [0.1, 0.15) is 23.7 Å². The lowest BCUT2D eigenvalue weighted by atomic mass is 10.1. The Morgan fingerprint density at radius 3 is 2.45 bits per heavy atom. The number of hydrogen-bond donors (Lipinski definition) is 1. The van der Waals surface area contributed by atoms with Crippen LogP contribution < -0.4 is 14.8 Å². The number of furan rings is 1. The molecule has 1 N–H and O–H groups in total. The summed E-state index contributed by atoms with van der Waals surface area (Å²) in [7, 11) is 1.56. The van der Waals surface area contributed by atoms with Gasteiger partial charge in [-0.25, -0.2) is 4.79 Å². The number of esters is 1. The predicted molar refractivity (Wildman–Crippen MR) is 122 cm³/mol. The Bertz CT molecular complexity index is 1250. The predicted octanol–water partition coefficient (Wildman–Crippen LogP) is 4.49. The quantitative estimate of drug-likeness (QED) is 0.382. The van der Waals surface area contributed by atoms with E-state index >= 15 is 0 Å². The fraction of sp³-hybridized carbons (Fsp3) is 0.154. The molecule has 4 rings (SSSR count). The van der Waals surface area contributed by atoms with Gasteiger partial charge in [0, 0.05) is 17.5 Å². The second-order valence-electron chi connectivity index (χ2n) is 7.17. The summed E-state index contributed by atoms with van der Waals surface area (Å²) in [6, 6.07) is 23.9. The normalized spacial score (nSPS) is 10.6. The van der Waals surface area contributed by atoms with E-state index < -0.39 is 18.5 Å². The van der Waals surface area contributed by atoms with Gasteiger partial charge in [0.05, 0.1) is 12.7 Å². The van der Waals surface area contributed by atoms with E-state index in [1.165, 1.54) is 0 Å². The van der Waals surface area contributed by atoms with Gasteiger partial charge in [0.15, 0.2) is 6.61 Å². The monoisotopic (exact) mass is 445 g/mol. The molecule has 0 aliphatic rings. The summed E-state index contributed by atoms with van der Waals surface area (Å²) in [5.74, 6) is 0.181. The molecule has 168 valence electrons. The minimum Gasteiger partial charge on any atom is -0.496 e. The molecule has 0 saturated heterocycles. The average Bonchev–Trinajstić information content (AvgIpc) is 3.24. The van der Waals surface area contributed by atoms with Crippen molar-refractivity contribution in [2.75, 3.05) is 13.7 Å². The van der Waals surface area contributed by atoms with Crippen molar-refractivity contribution >= 4 is 22.8 Å². The molecular weight excluding hydrogens is 422 g/mol. The number of nitrogens with one attached hydrogen (secondary N) is 1. The van der Waals surface area contributed by atoms with Gasteiger partial charge >= 0.3 is 5.97 Å². The summed E-state index contributed by atoms with van der Waals surface area (Å²) in [6.45, 7) is -0.0727. The number of fused-ring (bicyclic) bond motifs is 1. The third-order valence-electron chi connectivity index (χ3n) is 5.01. The Morgan fingerprint density at radius 2 is 1.64 bits per heavy atom. The summed E-state index contributed by atoms with van der Waals surface area (Å²) in [4.78, 5) is 25.0. The van der Waals surface area contributed by atoms with E-state index in [1.54, 1.807) is 13.2 Å². The molecule has 0 aliphatic heterocycles. The van der Waals surface area contributed by atoms with E-state index in [-0.39, 0.29) is 18.9 Å². The van der Waals surface area contributed by atoms with Gasteiger partial charge in [-0.3, -0.25) is 4.79 Å². The maximum Gasteiger partial charge on any atom is 0.375 e. The Kier molecular flexibility index (Phi) is 6.90. The van der Waals surface area contributed by atoms with E-state index in [9.17, 15) is 9.59 Å². The van der Waals surface area contributed by atoms with Crippen molar-refractivity contribution in [3.63, 3.8) is 0 Å². The lowest BCUT2D eigenvalue weighted by Crippen LogP contribution is -2.28. The first-order valence-corrected chi connectivity index (χ1v) is 10.4. The highest BCUT2D eigenvalue weighted by Crippen LogP contribution is 2.28. The van der Waals surface area contributed by atoms with Crippen LogP contribution in [0.4, 0.5) is 0 Å². The SMILES string of the molecule is COc1ccccc1CNC(=O)COC(=O)c1oc2ccccc2c1COc1ccccc1. The van der Waals surface area contributed by atoms with Crippen LogP contribution >= 0.6 is 0 Å². The van der Waals surface area contributed by atoms with Gasteiger partial charge in [-0.15, -0.1) is 0 Å². The number of hydrogen-bond acceptors (Lipinski definition) is 6. The van der Waals surface area contributed by atoms with E-state index in [0.717, 1.165) is 10.9 Å². The number of carbonyl (C=O) groups is 2. The van der Waals surface area contributed by atoms with Crippen molar-refractivity contribution < 1.29 is 28.2 Å². The minimum atomic E-state index is -0.731. The van der Waals surface area contributed by atoms with Crippen LogP contribution in [0.15, 0.2) is 83.3 Å². The largest absolute Gasteiger partial charge is 0.496 e. The Morgan fingerprint density at radius 1 is 0.909 bits per heavy atom. The summed E-state index contributed by atoms with van der Waals surface area (Å²) in [6.07, 6.45) is 0. The van der Waals surface area contributed by atoms with Crippen LogP contribution in [0, 0.1) is 0 Å². The van der Waals surface area contributed by atoms with Crippen molar-refractivity contribution in [1.82, 2.24) is 5.32 Å². The molecule has 7 nitrogen and oxygen atoms in total. The summed E-state index contributed by atoms with van der Waals surface area (Å²) in [5.41, 5.74) is 1.92. The third kappa shape index (κ3) is 5.33. The molecule has 0 atom stereocenters. The van der Waals surface area contributed by atoms with Gasteiger partial charge < -0.3 is 23.9 Å². The standard InChI is InChI=1S/C26H23NO6/c1-30-22-13-7-5-9-18(22)15-27-24(28)17-32-26(29)25-21(16-31-19-10-3-2-4-11-19)20-12-6-8-14-23(20)33-25/h2-14H,15-17H2,1H3,(H,27,28). The van der Waals surface area contributed by atoms with Gasteiger partial charge in [-0.2, -0.15) is 0 Å². The lowest BCUT2D eigenvalue weighted by molar-refractivity contribution is -0.124. The van der Waals surface area contributed by atoms with E-state index in [1.807, 2.05) is 72.8 Å². The van der Waals surface area contributed by atoms with Crippen LogP contribution in [-0.4, -0.2) is 25.6 Å². The van der Waals surface area contributed by atoms with Crippen LogP contribution in [0.3, 0.4) is 0 Å². The van der Waals surface area contributed by atoms with Crippen LogP contribution in [0.5, 0.6) is 11.5 Å². The molecule has 0 fully saturated rings. The van der Waals surface area contributed by atoms with Gasteiger partial charge in [-0.05, 0) is 24.3 Å². The first-order valence-electron chi connectivity index (χ1n) is 10.4. The third-order valence-corrected chi connectivity index (χ3v) is 5.01. The van der Waals surface area contributed by atoms with Crippen LogP contribution in [0.2, 0.25) is 0 Å². The zero-order chi connectivity index (χ0) is 23.0. The molecule has 0 bridgehead atoms. The second-order valence-corrected chi connectivity index (χ2v) is 7.17. The topological polar surface area (TPSA) is 87.0 Å². The van der Waals surface area contributed by atoms with Crippen molar-refractivity contribution in [3.8, 4) is 11.5 Å². The van der Waals surface area contributed by atoms with Crippen LogP contribution in [0.25, 0.3) is 11.0 Å². The number of para-hydroxylation sites is 3. The van der Waals surface area contributed by atoms with Crippen LogP contribution in [-0.2, 0) is 22.7 Å². The van der Waals surface area contributed by atoms with E-state index in [4.69, 9.17) is 18.6 Å². The number of carbonyl (C=O) groups excluding carboxylic acids is 2. The smallest absolute Gasteiger partial charge is 0.375 e. The molecule has 7 heteroatoms. The fourth-order valence-electron chi connectivity index (χ4n) is 3.37. The van der Waals surface area contributed by atoms with Crippen molar-refractivity contribution in [2.45, 2.75) is 13.2 Å². The summed E-state index contributed by atoms with van der Waals surface area (Å²) >= 11 is 0. The number of rotatable bonds is 9. The zero-order valence-electron chi connectivity index (χ0n) is 18.1. The van der Waals surface area contributed by atoms with Crippen molar-refractivity contribution in [2.24, 2.45) is 0 Å². The molecular formula is C26H23NO6. The molecule has 0 aliphatic carbocycles. The second kappa shape index (κ2) is 10.4. The molecule has 0 radical (unpaired) electrons. The molecule has 1 heterocycles. The maximum absolute atomic E-state index is 12.8. The Hall–Kier alpha value is -4.26. The highest BCUT2D eigenvalue weighted by Gasteiger charge is 2.23. The molecule has 33 heavy (non-hydrogen) atoms. The van der Waals surface area contributed by atoms with Crippen LogP contribution in [0.1, 0.15) is 21.7 Å². The van der Waals surface area contributed by atoms with Gasteiger partial charge in [0.25, 0.3) is 5.91 Å². The average molecular weight is 445 g/mol. The Balaban J connectivity index is 1.41. The molecule has 3 aromatic carbocycles. The van der Waals surface area contributed by atoms with Gasteiger partial charge in [-0.1, -0.05) is 54.6 Å². The zero-order valence-corrected chi connectivity index (χ0v) is 18.1. The highest BCUT2D eigenvalue weighted by molar-refractivity contribution is 5.96.